The van der Waals surface area contributed by atoms with E-state index in [0.29, 0.717) is 0 Å². The summed E-state index contributed by atoms with van der Waals surface area (Å²) in [6, 6.07) is 12.2. The highest BCUT2D eigenvalue weighted by atomic mass is 15.3. The van der Waals surface area contributed by atoms with Crippen molar-refractivity contribution in [1.29, 1.82) is 0 Å². The van der Waals surface area contributed by atoms with Crippen LogP contribution in [0, 0.1) is 0 Å². The monoisotopic (exact) mass is 289 g/mol. The Morgan fingerprint density at radius 3 is 2.64 bits per heavy atom. The molecule has 0 fully saturated rings. The summed E-state index contributed by atoms with van der Waals surface area (Å²) in [5, 5.41) is 8.63. The summed E-state index contributed by atoms with van der Waals surface area (Å²) in [6.45, 7) is 0. The summed E-state index contributed by atoms with van der Waals surface area (Å²) in [5.41, 5.74) is 5.31. The fourth-order valence-corrected chi connectivity index (χ4v) is 2.61. The Labute approximate surface area is 127 Å². The van der Waals surface area contributed by atoms with Crippen molar-refractivity contribution in [2.75, 3.05) is 0 Å². The lowest BCUT2D eigenvalue weighted by atomic mass is 10.1. The Bertz CT molecular complexity index is 921. The van der Waals surface area contributed by atoms with E-state index in [0.717, 1.165) is 34.5 Å². The Hall–Kier alpha value is -2.95. The zero-order chi connectivity index (χ0) is 14.9. The highest BCUT2D eigenvalue weighted by Crippen LogP contribution is 2.23. The first-order valence-electron chi connectivity index (χ1n) is 7.16. The summed E-state index contributed by atoms with van der Waals surface area (Å²) >= 11 is 0. The predicted molar refractivity (Wildman–Crippen MR) is 84.4 cm³/mol. The molecular formula is C17H15N5. The van der Waals surface area contributed by atoms with Crippen LogP contribution in [0.2, 0.25) is 0 Å². The average molecular weight is 289 g/mol. The lowest BCUT2D eigenvalue weighted by Crippen LogP contribution is -2.01. The number of hydrogen-bond acceptors (Lipinski definition) is 3. The van der Waals surface area contributed by atoms with Crippen molar-refractivity contribution in [3.8, 4) is 11.1 Å². The van der Waals surface area contributed by atoms with Gasteiger partial charge in [0.15, 0.2) is 5.65 Å². The summed E-state index contributed by atoms with van der Waals surface area (Å²) in [5.74, 6) is 0. The van der Waals surface area contributed by atoms with Crippen molar-refractivity contribution >= 4 is 5.65 Å². The molecule has 0 amide bonds. The van der Waals surface area contributed by atoms with E-state index in [9.17, 15) is 0 Å². The third-order valence-electron chi connectivity index (χ3n) is 3.80. The molecule has 108 valence electrons. The molecule has 0 saturated carbocycles. The van der Waals surface area contributed by atoms with E-state index >= 15 is 0 Å². The van der Waals surface area contributed by atoms with Gasteiger partial charge in [-0.2, -0.15) is 10.2 Å². The molecule has 0 N–H and O–H groups in total. The quantitative estimate of drug-likeness (QED) is 0.582. The maximum absolute atomic E-state index is 4.60. The van der Waals surface area contributed by atoms with Gasteiger partial charge in [0.1, 0.15) is 0 Å². The fraction of sp³-hybridized carbons (Fsp3) is 0.118. The highest BCUT2D eigenvalue weighted by Gasteiger charge is 2.09. The first kappa shape index (κ1) is 12.8. The number of nitrogens with zero attached hydrogens (tertiary/aromatic N) is 5. The molecule has 5 nitrogen and oxygen atoms in total. The van der Waals surface area contributed by atoms with Gasteiger partial charge in [0.2, 0.25) is 0 Å². The number of fused-ring (bicyclic) bond motifs is 1. The number of benzene rings is 1. The van der Waals surface area contributed by atoms with Gasteiger partial charge in [0, 0.05) is 43.3 Å². The van der Waals surface area contributed by atoms with Crippen molar-refractivity contribution in [2.24, 2.45) is 7.05 Å². The van der Waals surface area contributed by atoms with Crippen LogP contribution in [0.25, 0.3) is 16.8 Å². The Morgan fingerprint density at radius 1 is 1.00 bits per heavy atom. The molecule has 4 aromatic rings. The largest absolute Gasteiger partial charge is 0.272 e. The van der Waals surface area contributed by atoms with E-state index < -0.39 is 0 Å². The lowest BCUT2D eigenvalue weighted by Gasteiger charge is -2.03. The van der Waals surface area contributed by atoms with Gasteiger partial charge in [-0.25, -0.2) is 9.50 Å². The standard InChI is InChI=1S/C17H15N5/c1-21-15(7-8-19-21)9-13-10-18-17-16(11-20-22(17)12-13)14-5-3-2-4-6-14/h2-8,10-12H,9H2,1H3. The second-order valence-electron chi connectivity index (χ2n) is 5.28. The lowest BCUT2D eigenvalue weighted by molar-refractivity contribution is 0.722. The number of aryl methyl sites for hydroxylation is 1. The molecule has 0 atom stereocenters. The maximum Gasteiger partial charge on any atom is 0.162 e. The number of rotatable bonds is 3. The first-order chi connectivity index (χ1) is 10.8. The minimum absolute atomic E-state index is 0.792. The summed E-state index contributed by atoms with van der Waals surface area (Å²) in [4.78, 5) is 4.60. The topological polar surface area (TPSA) is 48.0 Å². The van der Waals surface area contributed by atoms with Gasteiger partial charge in [0.25, 0.3) is 0 Å². The molecule has 0 bridgehead atoms. The van der Waals surface area contributed by atoms with Gasteiger partial charge in [-0.05, 0) is 17.2 Å². The SMILES string of the molecule is Cn1nccc1Cc1cnc2c(-c3ccccc3)cnn2c1. The molecule has 1 aromatic carbocycles. The van der Waals surface area contributed by atoms with Gasteiger partial charge in [0.05, 0.1) is 6.20 Å². The molecule has 5 heteroatoms. The molecule has 4 rings (SSSR count). The second-order valence-corrected chi connectivity index (χ2v) is 5.28. The molecule has 0 radical (unpaired) electrons. The van der Waals surface area contributed by atoms with Gasteiger partial charge >= 0.3 is 0 Å². The number of aromatic nitrogens is 5. The van der Waals surface area contributed by atoms with Gasteiger partial charge in [-0.1, -0.05) is 30.3 Å². The van der Waals surface area contributed by atoms with Crippen LogP contribution in [-0.2, 0) is 13.5 Å². The van der Waals surface area contributed by atoms with Crippen molar-refractivity contribution in [1.82, 2.24) is 24.4 Å². The summed E-state index contributed by atoms with van der Waals surface area (Å²) < 4.78 is 3.72. The minimum atomic E-state index is 0.792. The van der Waals surface area contributed by atoms with Crippen molar-refractivity contribution in [3.63, 3.8) is 0 Å². The summed E-state index contributed by atoms with van der Waals surface area (Å²) in [7, 11) is 1.95. The highest BCUT2D eigenvalue weighted by molar-refractivity contribution is 5.76. The van der Waals surface area contributed by atoms with Crippen LogP contribution in [0.3, 0.4) is 0 Å². The molecule has 3 heterocycles. The average Bonchev–Trinajstić information content (AvgIpc) is 3.15. The van der Waals surface area contributed by atoms with Crippen LogP contribution < -0.4 is 0 Å². The molecule has 0 aliphatic carbocycles. The van der Waals surface area contributed by atoms with Gasteiger partial charge < -0.3 is 0 Å². The zero-order valence-electron chi connectivity index (χ0n) is 12.2. The molecule has 0 aliphatic rings. The predicted octanol–water partition coefficient (Wildman–Crippen LogP) is 2.72. The fourth-order valence-electron chi connectivity index (χ4n) is 2.61. The smallest absolute Gasteiger partial charge is 0.162 e. The van der Waals surface area contributed by atoms with Gasteiger partial charge in [-0.15, -0.1) is 0 Å². The van der Waals surface area contributed by atoms with E-state index in [1.165, 1.54) is 0 Å². The van der Waals surface area contributed by atoms with Gasteiger partial charge in [-0.3, -0.25) is 4.68 Å². The Kier molecular flexibility index (Phi) is 2.96. The summed E-state index contributed by atoms with van der Waals surface area (Å²) in [6.07, 6.45) is 8.41. The molecule has 3 aromatic heterocycles. The van der Waals surface area contributed by atoms with Crippen LogP contribution in [-0.4, -0.2) is 24.4 Å². The molecule has 22 heavy (non-hydrogen) atoms. The van der Waals surface area contributed by atoms with E-state index in [-0.39, 0.29) is 0 Å². The van der Waals surface area contributed by atoms with Crippen molar-refractivity contribution < 1.29 is 0 Å². The third kappa shape index (κ3) is 2.16. The van der Waals surface area contributed by atoms with Crippen LogP contribution in [0.15, 0.2) is 61.2 Å². The maximum atomic E-state index is 4.60. The van der Waals surface area contributed by atoms with E-state index in [2.05, 4.69) is 27.3 Å². The van der Waals surface area contributed by atoms with Crippen LogP contribution >= 0.6 is 0 Å². The van der Waals surface area contributed by atoms with Crippen molar-refractivity contribution in [3.05, 3.63) is 72.4 Å². The van der Waals surface area contributed by atoms with Crippen LogP contribution in [0.5, 0.6) is 0 Å². The van der Waals surface area contributed by atoms with E-state index in [1.807, 2.05) is 65.3 Å². The van der Waals surface area contributed by atoms with E-state index in [4.69, 9.17) is 0 Å². The molecule has 0 saturated heterocycles. The Morgan fingerprint density at radius 2 is 1.86 bits per heavy atom. The second kappa shape index (κ2) is 5.11. The minimum Gasteiger partial charge on any atom is -0.272 e. The normalized spacial score (nSPS) is 11.1. The molecular weight excluding hydrogens is 274 g/mol. The van der Waals surface area contributed by atoms with Crippen LogP contribution in [0.4, 0.5) is 0 Å². The van der Waals surface area contributed by atoms with E-state index in [1.54, 1.807) is 0 Å². The molecule has 0 unspecified atom stereocenters. The van der Waals surface area contributed by atoms with Crippen molar-refractivity contribution in [2.45, 2.75) is 6.42 Å². The van der Waals surface area contributed by atoms with Crippen LogP contribution in [0.1, 0.15) is 11.3 Å². The number of hydrogen-bond donors (Lipinski definition) is 0. The first-order valence-corrected chi connectivity index (χ1v) is 7.16. The Balaban J connectivity index is 1.73. The zero-order valence-corrected chi connectivity index (χ0v) is 12.2. The third-order valence-corrected chi connectivity index (χ3v) is 3.80. The molecule has 0 spiro atoms. The molecule has 0 aliphatic heterocycles.